The Morgan fingerprint density at radius 1 is 0.930 bits per heavy atom. The summed E-state index contributed by atoms with van der Waals surface area (Å²) in [4.78, 5) is 12.4. The molecule has 0 bridgehead atoms. The van der Waals surface area contributed by atoms with Crippen LogP contribution < -0.4 is 5.32 Å². The third kappa shape index (κ3) is 7.84. The molecule has 2 saturated heterocycles. The lowest BCUT2D eigenvalue weighted by atomic mass is 9.96. The number of fused-ring (bicyclic) bond motifs is 1. The summed E-state index contributed by atoms with van der Waals surface area (Å²) in [5.41, 5.74) is 1.57. The first kappa shape index (κ1) is 34.0. The quantitative estimate of drug-likeness (QED) is 0.239. The van der Waals surface area contributed by atoms with E-state index in [0.717, 1.165) is 11.1 Å². The topological polar surface area (TPSA) is 111 Å². The average Bonchev–Trinajstić information content (AvgIpc) is 2.95. The lowest BCUT2D eigenvalue weighted by Gasteiger charge is -2.58. The summed E-state index contributed by atoms with van der Waals surface area (Å²) in [5.74, 6) is -0.338. The molecule has 4 rings (SSSR count). The highest BCUT2D eigenvalue weighted by atomic mass is 31.2. The van der Waals surface area contributed by atoms with Gasteiger partial charge in [-0.2, -0.15) is 0 Å². The molecule has 2 aromatic carbocycles. The summed E-state index contributed by atoms with van der Waals surface area (Å²) >= 11 is 0. The first-order chi connectivity index (χ1) is 20.2. The van der Waals surface area contributed by atoms with Crippen LogP contribution >= 0.6 is 7.82 Å². The number of nitrogens with one attached hydrogen (secondary N) is 1. The van der Waals surface area contributed by atoms with Crippen LogP contribution in [0.4, 0.5) is 0 Å². The summed E-state index contributed by atoms with van der Waals surface area (Å²) in [7, 11) is -5.63. The number of hydrogen-bond donors (Lipinski definition) is 1. The second-order valence-electron chi connectivity index (χ2n) is 13.1. The summed E-state index contributed by atoms with van der Waals surface area (Å²) in [6.45, 7) is 14.3. The molecule has 0 saturated carbocycles. The maximum Gasteiger partial charge on any atom is 0.477 e. The molecule has 0 radical (unpaired) electrons. The van der Waals surface area contributed by atoms with Gasteiger partial charge >= 0.3 is 16.4 Å². The zero-order valence-corrected chi connectivity index (χ0v) is 28.3. The summed E-state index contributed by atoms with van der Waals surface area (Å²) in [5, 5.41) is 2.33. The van der Waals surface area contributed by atoms with Crippen molar-refractivity contribution < 1.29 is 41.3 Å². The second-order valence-corrected chi connectivity index (χ2v) is 19.4. The Balaban J connectivity index is 1.64. The van der Waals surface area contributed by atoms with Crippen LogP contribution in [0.5, 0.6) is 0 Å². The van der Waals surface area contributed by atoms with E-state index in [1.807, 2.05) is 60.7 Å². The molecule has 1 amide bonds. The first-order valence-electron chi connectivity index (χ1n) is 14.6. The van der Waals surface area contributed by atoms with Crippen LogP contribution in [0.3, 0.4) is 0 Å². The smallest absolute Gasteiger partial charge is 0.391 e. The van der Waals surface area contributed by atoms with Crippen LogP contribution in [0.25, 0.3) is 0 Å². The van der Waals surface area contributed by atoms with Crippen LogP contribution in [0.2, 0.25) is 10.1 Å². The summed E-state index contributed by atoms with van der Waals surface area (Å²) in [6, 6.07) is 17.7. The first-order valence-corrected chi connectivity index (χ1v) is 17.9. The molecular formula is C31H46NO9PSi. The van der Waals surface area contributed by atoms with E-state index in [1.165, 1.54) is 6.92 Å². The third-order valence-corrected chi connectivity index (χ3v) is 14.2. The van der Waals surface area contributed by atoms with E-state index in [-0.39, 0.29) is 35.8 Å². The lowest BCUT2D eigenvalue weighted by molar-refractivity contribution is -0.265. The second kappa shape index (κ2) is 13.6. The van der Waals surface area contributed by atoms with E-state index in [0.29, 0.717) is 0 Å². The Morgan fingerprint density at radius 3 is 1.88 bits per heavy atom. The minimum Gasteiger partial charge on any atom is -0.391 e. The van der Waals surface area contributed by atoms with Gasteiger partial charge in [0.15, 0.2) is 6.29 Å². The van der Waals surface area contributed by atoms with Gasteiger partial charge in [0.1, 0.15) is 24.4 Å². The Kier molecular flexibility index (Phi) is 10.7. The van der Waals surface area contributed by atoms with Gasteiger partial charge in [-0.3, -0.25) is 18.4 Å². The minimum absolute atomic E-state index is 0.0261. The largest absolute Gasteiger partial charge is 0.477 e. The highest BCUT2D eigenvalue weighted by Crippen LogP contribution is 2.57. The monoisotopic (exact) mass is 635 g/mol. The average molecular weight is 636 g/mol. The molecular weight excluding hydrogens is 589 g/mol. The fraction of sp³-hybridized carbons (Fsp3) is 0.581. The predicted molar refractivity (Wildman–Crippen MR) is 164 cm³/mol. The van der Waals surface area contributed by atoms with Gasteiger partial charge in [0, 0.05) is 24.1 Å². The molecule has 12 heteroatoms. The molecule has 1 N–H and O–H groups in total. The van der Waals surface area contributed by atoms with Crippen molar-refractivity contribution >= 4 is 22.3 Å². The zero-order valence-electron chi connectivity index (χ0n) is 26.4. The molecule has 0 aromatic heterocycles. The van der Waals surface area contributed by atoms with Crippen molar-refractivity contribution in [3.8, 4) is 0 Å². The fourth-order valence-electron chi connectivity index (χ4n) is 5.96. The maximum atomic E-state index is 14.2. The van der Waals surface area contributed by atoms with Crippen molar-refractivity contribution in [1.82, 2.24) is 5.32 Å². The Hall–Kier alpha value is -1.92. The Bertz CT molecular complexity index is 1190. The molecule has 238 valence electrons. The van der Waals surface area contributed by atoms with E-state index < -0.39 is 47.0 Å². The standard InChI is InChI=1S/C31H46NO9PSi/c1-22(33)32-26-28(35-8)27-25(21-38-43(41-27,30(2,3)4)31(5,6)7)39-29(26)40-42(34,36-19-23-15-11-9-12-16-23)37-20-24-17-13-10-14-18-24/h9-18,25-29H,19-21H2,1-8H3,(H,32,33)/t25-,26-,27-,28-,29-/m1/s1. The van der Waals surface area contributed by atoms with Crippen molar-refractivity contribution in [2.24, 2.45) is 0 Å². The molecule has 0 aliphatic carbocycles. The van der Waals surface area contributed by atoms with Crippen LogP contribution in [0.1, 0.15) is 59.6 Å². The van der Waals surface area contributed by atoms with Gasteiger partial charge in [0.2, 0.25) is 5.91 Å². The zero-order chi connectivity index (χ0) is 31.5. The molecule has 2 aliphatic heterocycles. The van der Waals surface area contributed by atoms with Gasteiger partial charge in [-0.15, -0.1) is 0 Å². The van der Waals surface area contributed by atoms with Crippen molar-refractivity contribution in [2.75, 3.05) is 13.7 Å². The van der Waals surface area contributed by atoms with Gasteiger partial charge in [-0.25, -0.2) is 4.57 Å². The third-order valence-electron chi connectivity index (χ3n) is 7.71. The number of hydrogen-bond acceptors (Lipinski definition) is 9. The predicted octanol–water partition coefficient (Wildman–Crippen LogP) is 6.25. The maximum absolute atomic E-state index is 14.2. The van der Waals surface area contributed by atoms with Gasteiger partial charge in [-0.1, -0.05) is 102 Å². The van der Waals surface area contributed by atoms with E-state index in [9.17, 15) is 9.36 Å². The molecule has 0 spiro atoms. The van der Waals surface area contributed by atoms with Gasteiger partial charge in [-0.05, 0) is 11.1 Å². The number of carbonyl (C=O) groups excluding carboxylic acids is 1. The highest BCUT2D eigenvalue weighted by Gasteiger charge is 2.65. The molecule has 2 aliphatic rings. The Labute approximate surface area is 256 Å². The number of benzene rings is 2. The summed E-state index contributed by atoms with van der Waals surface area (Å²) < 4.78 is 57.9. The summed E-state index contributed by atoms with van der Waals surface area (Å²) in [6.07, 6.45) is -3.15. The lowest BCUT2D eigenvalue weighted by Crippen LogP contribution is -2.73. The van der Waals surface area contributed by atoms with E-state index >= 15 is 0 Å². The highest BCUT2D eigenvalue weighted by molar-refractivity contribution is 7.48. The molecule has 2 fully saturated rings. The molecule has 2 heterocycles. The number of amides is 1. The molecule has 10 nitrogen and oxygen atoms in total. The number of rotatable bonds is 10. The molecule has 5 atom stereocenters. The number of phosphoric acid groups is 1. The normalized spacial score (nSPS) is 26.0. The van der Waals surface area contributed by atoms with E-state index in [4.69, 9.17) is 31.9 Å². The van der Waals surface area contributed by atoms with E-state index in [1.54, 1.807) is 7.11 Å². The molecule has 2 aromatic rings. The fourth-order valence-corrected chi connectivity index (χ4v) is 12.2. The van der Waals surface area contributed by atoms with Gasteiger partial charge in [0.05, 0.1) is 19.8 Å². The van der Waals surface area contributed by atoms with Crippen molar-refractivity contribution in [1.29, 1.82) is 0 Å². The Morgan fingerprint density at radius 2 is 1.44 bits per heavy atom. The molecule has 0 unspecified atom stereocenters. The van der Waals surface area contributed by atoms with E-state index in [2.05, 4.69) is 46.9 Å². The van der Waals surface area contributed by atoms with Crippen molar-refractivity contribution in [3.63, 3.8) is 0 Å². The van der Waals surface area contributed by atoms with Gasteiger partial charge in [0.25, 0.3) is 0 Å². The van der Waals surface area contributed by atoms with Gasteiger partial charge < -0.3 is 23.6 Å². The van der Waals surface area contributed by atoms with Crippen LogP contribution in [0.15, 0.2) is 60.7 Å². The molecule has 43 heavy (non-hydrogen) atoms. The minimum atomic E-state index is -4.27. The number of ether oxygens (including phenoxy) is 2. The van der Waals surface area contributed by atoms with Crippen LogP contribution in [-0.4, -0.2) is 58.8 Å². The van der Waals surface area contributed by atoms with Crippen LogP contribution in [-0.2, 0) is 54.5 Å². The number of carbonyl (C=O) groups is 1. The number of phosphoric ester groups is 1. The SMILES string of the molecule is CO[C@@H]1[C@@H](NC(C)=O)[C@@H](OP(=O)(OCc2ccccc2)OCc2ccccc2)O[C@@H]2CO[Si](C(C)(C)C)(C(C)(C)C)O[C@@H]12. The van der Waals surface area contributed by atoms with Crippen LogP contribution in [0, 0.1) is 0 Å². The van der Waals surface area contributed by atoms with Crippen molar-refractivity contribution in [2.45, 2.75) is 102 Å². The van der Waals surface area contributed by atoms with Crippen molar-refractivity contribution in [3.05, 3.63) is 71.8 Å². The number of methoxy groups -OCH3 is 1.